The molecule has 0 spiro atoms. The van der Waals surface area contributed by atoms with Crippen LogP contribution in [0.3, 0.4) is 0 Å². The number of carbonyl (C=O) groups excluding carboxylic acids is 1. The molecule has 3 N–H and O–H groups in total. The molecule has 2 aromatic rings. The van der Waals surface area contributed by atoms with Gasteiger partial charge >= 0.3 is 0 Å². The summed E-state index contributed by atoms with van der Waals surface area (Å²) in [4.78, 5) is 11.9. The van der Waals surface area contributed by atoms with E-state index in [9.17, 15) is 18.0 Å². The van der Waals surface area contributed by atoms with Gasteiger partial charge in [-0.15, -0.1) is 0 Å². The molecule has 3 nitrogen and oxygen atoms in total. The summed E-state index contributed by atoms with van der Waals surface area (Å²) >= 11 is 5.70. The molecule has 0 aliphatic carbocycles. The Kier molecular flexibility index (Phi) is 3.85. The first-order chi connectivity index (χ1) is 9.40. The Morgan fingerprint density at radius 3 is 2.50 bits per heavy atom. The van der Waals surface area contributed by atoms with Crippen molar-refractivity contribution in [2.45, 2.75) is 0 Å². The number of nitrogens with two attached hydrogens (primary N) is 1. The van der Waals surface area contributed by atoms with Crippen LogP contribution in [0.1, 0.15) is 10.4 Å². The predicted molar refractivity (Wildman–Crippen MR) is 70.1 cm³/mol. The second-order valence-electron chi connectivity index (χ2n) is 3.90. The van der Waals surface area contributed by atoms with Crippen LogP contribution in [0.15, 0.2) is 30.3 Å². The Hall–Kier alpha value is -2.21. The minimum atomic E-state index is -1.28. The topological polar surface area (TPSA) is 55.1 Å². The van der Waals surface area contributed by atoms with Gasteiger partial charge in [0.25, 0.3) is 5.91 Å². The Morgan fingerprint density at radius 1 is 1.15 bits per heavy atom. The smallest absolute Gasteiger partial charge is 0.257 e. The molecule has 0 saturated heterocycles. The van der Waals surface area contributed by atoms with Crippen LogP contribution in [0.5, 0.6) is 0 Å². The molecule has 0 aliphatic heterocycles. The minimum Gasteiger partial charge on any atom is -0.397 e. The van der Waals surface area contributed by atoms with Gasteiger partial charge in [0.05, 0.1) is 16.3 Å². The van der Waals surface area contributed by atoms with Crippen LogP contribution < -0.4 is 11.1 Å². The van der Waals surface area contributed by atoms with Gasteiger partial charge in [0.2, 0.25) is 0 Å². The van der Waals surface area contributed by atoms with E-state index in [1.54, 1.807) is 0 Å². The number of carbonyl (C=O) groups is 1. The maximum absolute atomic E-state index is 13.5. The van der Waals surface area contributed by atoms with Crippen LogP contribution in [0.25, 0.3) is 0 Å². The third kappa shape index (κ3) is 2.70. The number of nitrogens with one attached hydrogen (secondary N) is 1. The van der Waals surface area contributed by atoms with Crippen molar-refractivity contribution in [1.29, 1.82) is 0 Å². The molecule has 0 aromatic heterocycles. The highest BCUT2D eigenvalue weighted by Gasteiger charge is 2.17. The van der Waals surface area contributed by atoms with Gasteiger partial charge < -0.3 is 11.1 Å². The lowest BCUT2D eigenvalue weighted by Gasteiger charge is -2.10. The van der Waals surface area contributed by atoms with Crippen molar-refractivity contribution < 1.29 is 18.0 Å². The standard InChI is InChI=1S/C13H8ClF3N2O/c14-8-5-6(15)1-2-7(8)13(20)19-12-10(18)4-3-9(16)11(12)17/h1-5H,18H2,(H,19,20). The van der Waals surface area contributed by atoms with Crippen LogP contribution >= 0.6 is 11.6 Å². The molecule has 0 unspecified atom stereocenters. The lowest BCUT2D eigenvalue weighted by molar-refractivity contribution is 0.102. The van der Waals surface area contributed by atoms with E-state index in [0.29, 0.717) is 0 Å². The van der Waals surface area contributed by atoms with Crippen molar-refractivity contribution in [1.82, 2.24) is 0 Å². The lowest BCUT2D eigenvalue weighted by Crippen LogP contribution is -2.15. The van der Waals surface area contributed by atoms with E-state index in [1.807, 2.05) is 0 Å². The fourth-order valence-corrected chi connectivity index (χ4v) is 1.80. The van der Waals surface area contributed by atoms with Crippen molar-refractivity contribution >= 4 is 28.9 Å². The van der Waals surface area contributed by atoms with Gasteiger partial charge in [-0.1, -0.05) is 11.6 Å². The van der Waals surface area contributed by atoms with E-state index >= 15 is 0 Å². The van der Waals surface area contributed by atoms with Gasteiger partial charge in [-0.2, -0.15) is 0 Å². The zero-order valence-corrected chi connectivity index (χ0v) is 10.6. The van der Waals surface area contributed by atoms with Crippen molar-refractivity contribution in [3.8, 4) is 0 Å². The molecular formula is C13H8ClF3N2O. The quantitative estimate of drug-likeness (QED) is 0.833. The molecule has 2 aromatic carbocycles. The molecule has 0 aliphatic rings. The summed E-state index contributed by atoms with van der Waals surface area (Å²) in [6.07, 6.45) is 0. The van der Waals surface area contributed by atoms with Crippen LogP contribution in [0.2, 0.25) is 5.02 Å². The number of rotatable bonds is 2. The zero-order chi connectivity index (χ0) is 14.9. The summed E-state index contributed by atoms with van der Waals surface area (Å²) in [5.41, 5.74) is 4.74. The van der Waals surface area contributed by atoms with Crippen molar-refractivity contribution in [2.24, 2.45) is 0 Å². The van der Waals surface area contributed by atoms with Gasteiger partial charge in [0.1, 0.15) is 11.5 Å². The Morgan fingerprint density at radius 2 is 1.85 bits per heavy atom. The van der Waals surface area contributed by atoms with E-state index < -0.39 is 29.0 Å². The second kappa shape index (κ2) is 5.42. The first-order valence-corrected chi connectivity index (χ1v) is 5.78. The van der Waals surface area contributed by atoms with E-state index in [4.69, 9.17) is 17.3 Å². The van der Waals surface area contributed by atoms with Gasteiger partial charge in [0, 0.05) is 0 Å². The third-order valence-corrected chi connectivity index (χ3v) is 2.85. The number of benzene rings is 2. The Balaban J connectivity index is 2.35. The highest BCUT2D eigenvalue weighted by atomic mass is 35.5. The second-order valence-corrected chi connectivity index (χ2v) is 4.31. The first-order valence-electron chi connectivity index (χ1n) is 5.40. The van der Waals surface area contributed by atoms with Gasteiger partial charge in [-0.25, -0.2) is 13.2 Å². The maximum atomic E-state index is 13.5. The van der Waals surface area contributed by atoms with Crippen LogP contribution in [0, 0.1) is 17.5 Å². The highest BCUT2D eigenvalue weighted by Crippen LogP contribution is 2.26. The molecule has 0 saturated carbocycles. The summed E-state index contributed by atoms with van der Waals surface area (Å²) in [7, 11) is 0. The normalized spacial score (nSPS) is 10.4. The third-order valence-electron chi connectivity index (χ3n) is 2.54. The molecule has 0 heterocycles. The number of anilines is 2. The van der Waals surface area contributed by atoms with E-state index in [1.165, 1.54) is 0 Å². The summed E-state index contributed by atoms with van der Waals surface area (Å²) < 4.78 is 39.5. The lowest BCUT2D eigenvalue weighted by atomic mass is 10.2. The number of amides is 1. The molecular weight excluding hydrogens is 293 g/mol. The number of hydrogen-bond acceptors (Lipinski definition) is 2. The molecule has 7 heteroatoms. The van der Waals surface area contributed by atoms with Crippen molar-refractivity contribution in [3.63, 3.8) is 0 Å². The highest BCUT2D eigenvalue weighted by molar-refractivity contribution is 6.34. The van der Waals surface area contributed by atoms with Gasteiger partial charge in [0.15, 0.2) is 11.6 Å². The molecule has 0 fully saturated rings. The molecule has 0 radical (unpaired) electrons. The fraction of sp³-hybridized carbons (Fsp3) is 0. The summed E-state index contributed by atoms with van der Waals surface area (Å²) in [6, 6.07) is 5.03. The molecule has 1 amide bonds. The molecule has 2 rings (SSSR count). The Bertz CT molecular complexity index is 692. The van der Waals surface area contributed by atoms with Gasteiger partial charge in [-0.05, 0) is 30.3 Å². The Labute approximate surface area is 117 Å². The molecule has 0 atom stereocenters. The summed E-state index contributed by atoms with van der Waals surface area (Å²) in [6.45, 7) is 0. The first kappa shape index (κ1) is 14.2. The van der Waals surface area contributed by atoms with E-state index in [0.717, 1.165) is 30.3 Å². The minimum absolute atomic E-state index is 0.0869. The summed E-state index contributed by atoms with van der Waals surface area (Å²) in [5.74, 6) is -3.88. The van der Waals surface area contributed by atoms with Crippen molar-refractivity contribution in [2.75, 3.05) is 11.1 Å². The fourth-order valence-electron chi connectivity index (χ4n) is 1.55. The van der Waals surface area contributed by atoms with Crippen LogP contribution in [0.4, 0.5) is 24.5 Å². The van der Waals surface area contributed by atoms with Crippen LogP contribution in [-0.2, 0) is 0 Å². The largest absolute Gasteiger partial charge is 0.397 e. The van der Waals surface area contributed by atoms with E-state index in [-0.39, 0.29) is 16.3 Å². The number of nitrogen functional groups attached to an aromatic ring is 1. The van der Waals surface area contributed by atoms with Crippen LogP contribution in [-0.4, -0.2) is 5.91 Å². The average molecular weight is 301 g/mol. The van der Waals surface area contributed by atoms with E-state index in [2.05, 4.69) is 5.32 Å². The molecule has 104 valence electrons. The molecule has 20 heavy (non-hydrogen) atoms. The monoisotopic (exact) mass is 300 g/mol. The predicted octanol–water partition coefficient (Wildman–Crippen LogP) is 3.59. The SMILES string of the molecule is Nc1ccc(F)c(F)c1NC(=O)c1ccc(F)cc1Cl. The number of hydrogen-bond donors (Lipinski definition) is 2. The average Bonchev–Trinajstić information content (AvgIpc) is 2.39. The maximum Gasteiger partial charge on any atom is 0.257 e. The number of halogens is 4. The summed E-state index contributed by atoms with van der Waals surface area (Å²) in [5, 5.41) is 1.96. The molecule has 0 bridgehead atoms. The van der Waals surface area contributed by atoms with Gasteiger partial charge in [-0.3, -0.25) is 4.79 Å². The zero-order valence-electron chi connectivity index (χ0n) is 9.88. The van der Waals surface area contributed by atoms with Crippen molar-refractivity contribution in [3.05, 3.63) is 58.4 Å².